The van der Waals surface area contributed by atoms with Crippen LogP contribution in [-0.2, 0) is 11.3 Å². The molecule has 4 rings (SSSR count). The minimum Gasteiger partial charge on any atom is -0.454 e. The van der Waals surface area contributed by atoms with E-state index in [1.165, 1.54) is 0 Å². The van der Waals surface area contributed by atoms with Crippen molar-refractivity contribution >= 4 is 34.1 Å². The summed E-state index contributed by atoms with van der Waals surface area (Å²) in [5, 5.41) is 8.31. The van der Waals surface area contributed by atoms with Crippen LogP contribution in [0.5, 0.6) is 0 Å². The molecule has 0 aliphatic heterocycles. The number of nitrogens with zero attached hydrogens (tertiary/aromatic N) is 3. The second-order valence-electron chi connectivity index (χ2n) is 6.76. The Hall–Kier alpha value is -3.32. The first kappa shape index (κ1) is 19.0. The molecule has 0 N–H and O–H groups in total. The molecule has 7 heteroatoms. The summed E-state index contributed by atoms with van der Waals surface area (Å²) in [6, 6.07) is 16.7. The molecule has 0 fully saturated rings. The van der Waals surface area contributed by atoms with Gasteiger partial charge in [0.2, 0.25) is 5.78 Å². The van der Waals surface area contributed by atoms with E-state index in [4.69, 9.17) is 4.74 Å². The standard InChI is InChI=1S/C22H19N3O3S/c1-14-11-18(15(2)29-14)21(26)13-28-22(27)17-9-7-16(8-10-17)12-25-20-6-4-3-5-19(20)23-24-25/h3-11H,12-13H2,1-2H3. The highest BCUT2D eigenvalue weighted by Crippen LogP contribution is 2.21. The summed E-state index contributed by atoms with van der Waals surface area (Å²) >= 11 is 1.56. The zero-order valence-electron chi connectivity index (χ0n) is 16.1. The maximum atomic E-state index is 12.3. The quantitative estimate of drug-likeness (QED) is 0.355. The van der Waals surface area contributed by atoms with Gasteiger partial charge in [0.1, 0.15) is 5.52 Å². The lowest BCUT2D eigenvalue weighted by Crippen LogP contribution is -2.14. The molecule has 146 valence electrons. The van der Waals surface area contributed by atoms with Crippen LogP contribution in [0.3, 0.4) is 0 Å². The Morgan fingerprint density at radius 2 is 1.83 bits per heavy atom. The Labute approximate surface area is 171 Å². The SMILES string of the molecule is Cc1cc(C(=O)COC(=O)c2ccc(Cn3nnc4ccccc43)cc2)c(C)s1. The van der Waals surface area contributed by atoms with Gasteiger partial charge in [0.25, 0.3) is 0 Å². The first-order valence-electron chi connectivity index (χ1n) is 9.16. The summed E-state index contributed by atoms with van der Waals surface area (Å²) in [6.45, 7) is 4.13. The molecule has 0 amide bonds. The van der Waals surface area contributed by atoms with E-state index in [1.54, 1.807) is 23.5 Å². The van der Waals surface area contributed by atoms with E-state index < -0.39 is 5.97 Å². The van der Waals surface area contributed by atoms with Crippen LogP contribution in [0.2, 0.25) is 0 Å². The molecule has 0 bridgehead atoms. The molecule has 6 nitrogen and oxygen atoms in total. The van der Waals surface area contributed by atoms with Gasteiger partial charge in [-0.2, -0.15) is 0 Å². The number of rotatable bonds is 6. The summed E-state index contributed by atoms with van der Waals surface area (Å²) in [4.78, 5) is 26.5. The lowest BCUT2D eigenvalue weighted by Gasteiger charge is -2.06. The summed E-state index contributed by atoms with van der Waals surface area (Å²) in [7, 11) is 0. The van der Waals surface area contributed by atoms with Gasteiger partial charge in [0.15, 0.2) is 6.61 Å². The van der Waals surface area contributed by atoms with Gasteiger partial charge in [-0.1, -0.05) is 29.5 Å². The van der Waals surface area contributed by atoms with Crippen molar-refractivity contribution in [2.75, 3.05) is 6.61 Å². The Morgan fingerprint density at radius 1 is 1.07 bits per heavy atom. The number of thiophene rings is 1. The molecule has 0 atom stereocenters. The van der Waals surface area contributed by atoms with E-state index in [0.717, 1.165) is 26.4 Å². The number of fused-ring (bicyclic) bond motifs is 1. The molecule has 29 heavy (non-hydrogen) atoms. The number of Topliss-reactive ketones (excluding diaryl/α,β-unsaturated/α-hetero) is 1. The first-order valence-corrected chi connectivity index (χ1v) is 9.97. The highest BCUT2D eigenvalue weighted by atomic mass is 32.1. The van der Waals surface area contributed by atoms with Crippen molar-refractivity contribution in [3.8, 4) is 0 Å². The van der Waals surface area contributed by atoms with Gasteiger partial charge in [-0.25, -0.2) is 9.48 Å². The average molecular weight is 405 g/mol. The predicted molar refractivity (Wildman–Crippen MR) is 111 cm³/mol. The number of aromatic nitrogens is 3. The van der Waals surface area contributed by atoms with Gasteiger partial charge in [-0.15, -0.1) is 16.4 Å². The number of carbonyl (C=O) groups excluding carboxylic acids is 2. The number of benzene rings is 2. The largest absolute Gasteiger partial charge is 0.454 e. The van der Waals surface area contributed by atoms with Gasteiger partial charge in [0.05, 0.1) is 17.6 Å². The van der Waals surface area contributed by atoms with Crippen LogP contribution in [-0.4, -0.2) is 33.4 Å². The van der Waals surface area contributed by atoms with Gasteiger partial charge >= 0.3 is 5.97 Å². The van der Waals surface area contributed by atoms with Crippen LogP contribution in [0.15, 0.2) is 54.6 Å². The Balaban J connectivity index is 1.39. The van der Waals surface area contributed by atoms with Crippen molar-refractivity contribution in [3.05, 3.63) is 81.0 Å². The molecule has 2 aromatic carbocycles. The van der Waals surface area contributed by atoms with E-state index >= 15 is 0 Å². The number of para-hydroxylation sites is 1. The molecule has 0 aliphatic rings. The van der Waals surface area contributed by atoms with E-state index in [-0.39, 0.29) is 12.4 Å². The van der Waals surface area contributed by atoms with Gasteiger partial charge in [-0.3, -0.25) is 4.79 Å². The second kappa shape index (κ2) is 7.97. The van der Waals surface area contributed by atoms with Crippen LogP contribution in [0.1, 0.15) is 36.0 Å². The van der Waals surface area contributed by atoms with E-state index in [9.17, 15) is 9.59 Å². The second-order valence-corrected chi connectivity index (χ2v) is 8.22. The molecule has 4 aromatic rings. The number of aryl methyl sites for hydroxylation is 2. The first-order chi connectivity index (χ1) is 14.0. The zero-order chi connectivity index (χ0) is 20.4. The summed E-state index contributed by atoms with van der Waals surface area (Å²) in [5.41, 5.74) is 3.80. The van der Waals surface area contributed by atoms with Crippen LogP contribution >= 0.6 is 11.3 Å². The minimum atomic E-state index is -0.513. The summed E-state index contributed by atoms with van der Waals surface area (Å²) in [6.07, 6.45) is 0. The smallest absolute Gasteiger partial charge is 0.338 e. The van der Waals surface area contributed by atoms with Gasteiger partial charge < -0.3 is 4.74 Å². The normalized spacial score (nSPS) is 11.0. The molecule has 0 unspecified atom stereocenters. The zero-order valence-corrected chi connectivity index (χ0v) is 16.9. The Bertz CT molecular complexity index is 1190. The van der Waals surface area contributed by atoms with Crippen LogP contribution in [0.25, 0.3) is 11.0 Å². The number of hydrogen-bond donors (Lipinski definition) is 0. The number of ether oxygens (including phenoxy) is 1. The third kappa shape index (κ3) is 4.09. The summed E-state index contributed by atoms with van der Waals surface area (Å²) in [5.74, 6) is -0.699. The molecule has 0 radical (unpaired) electrons. The topological polar surface area (TPSA) is 74.1 Å². The fraction of sp³-hybridized carbons (Fsp3) is 0.182. The van der Waals surface area contributed by atoms with Crippen LogP contribution in [0.4, 0.5) is 0 Å². The Morgan fingerprint density at radius 3 is 2.55 bits per heavy atom. The highest BCUT2D eigenvalue weighted by Gasteiger charge is 2.15. The van der Waals surface area contributed by atoms with E-state index in [0.29, 0.717) is 17.7 Å². The number of ketones is 1. The molecular formula is C22H19N3O3S. The van der Waals surface area contributed by atoms with Crippen molar-refractivity contribution in [3.63, 3.8) is 0 Å². The fourth-order valence-corrected chi connectivity index (χ4v) is 4.10. The maximum absolute atomic E-state index is 12.3. The highest BCUT2D eigenvalue weighted by molar-refractivity contribution is 7.12. The molecule has 0 saturated carbocycles. The fourth-order valence-electron chi connectivity index (χ4n) is 3.15. The predicted octanol–water partition coefficient (Wildman–Crippen LogP) is 4.20. The molecule has 2 heterocycles. The molecular weight excluding hydrogens is 386 g/mol. The Kier molecular flexibility index (Phi) is 5.22. The third-order valence-corrected chi connectivity index (χ3v) is 5.58. The molecule has 2 aromatic heterocycles. The number of esters is 1. The molecule has 0 spiro atoms. The van der Waals surface area contributed by atoms with Crippen molar-refractivity contribution < 1.29 is 14.3 Å². The van der Waals surface area contributed by atoms with E-state index in [1.807, 2.05) is 61.0 Å². The van der Waals surface area contributed by atoms with Gasteiger partial charge in [-0.05, 0) is 49.7 Å². The van der Waals surface area contributed by atoms with Crippen LogP contribution < -0.4 is 0 Å². The monoisotopic (exact) mass is 405 g/mol. The van der Waals surface area contributed by atoms with Crippen molar-refractivity contribution in [2.24, 2.45) is 0 Å². The lowest BCUT2D eigenvalue weighted by molar-refractivity contribution is 0.0474. The van der Waals surface area contributed by atoms with E-state index in [2.05, 4.69) is 10.3 Å². The van der Waals surface area contributed by atoms with Crippen molar-refractivity contribution in [1.82, 2.24) is 15.0 Å². The van der Waals surface area contributed by atoms with Crippen molar-refractivity contribution in [2.45, 2.75) is 20.4 Å². The molecule has 0 aliphatic carbocycles. The minimum absolute atomic E-state index is 0.185. The number of carbonyl (C=O) groups is 2. The van der Waals surface area contributed by atoms with Crippen LogP contribution in [0, 0.1) is 13.8 Å². The van der Waals surface area contributed by atoms with Gasteiger partial charge in [0, 0.05) is 15.3 Å². The third-order valence-electron chi connectivity index (χ3n) is 4.62. The average Bonchev–Trinajstić information content (AvgIpc) is 3.29. The lowest BCUT2D eigenvalue weighted by atomic mass is 10.1. The maximum Gasteiger partial charge on any atom is 0.338 e. The number of hydrogen-bond acceptors (Lipinski definition) is 6. The molecule has 0 saturated heterocycles. The summed E-state index contributed by atoms with van der Waals surface area (Å²) < 4.78 is 7.01. The van der Waals surface area contributed by atoms with Crippen molar-refractivity contribution in [1.29, 1.82) is 0 Å².